The molecule has 1 amide bonds. The number of aromatic nitrogens is 1. The molecule has 8 nitrogen and oxygen atoms in total. The molecule has 0 saturated carbocycles. The molecule has 0 spiro atoms. The molecule has 1 aliphatic heterocycles. The number of amides is 1. The predicted octanol–water partition coefficient (Wildman–Crippen LogP) is 1.15. The summed E-state index contributed by atoms with van der Waals surface area (Å²) in [7, 11) is 0. The molecular formula is C18H20FN3O5. The van der Waals surface area contributed by atoms with Crippen LogP contribution in [-0.2, 0) is 20.9 Å². The average molecular weight is 377 g/mol. The highest BCUT2D eigenvalue weighted by Crippen LogP contribution is 2.32. The molecule has 0 radical (unpaired) electrons. The molecule has 3 rings (SSSR count). The fourth-order valence-corrected chi connectivity index (χ4v) is 3.57. The fourth-order valence-electron chi connectivity index (χ4n) is 3.57. The van der Waals surface area contributed by atoms with Gasteiger partial charge in [0.25, 0.3) is 0 Å². The molecule has 1 aromatic heterocycles. The highest BCUT2D eigenvalue weighted by Gasteiger charge is 2.33. The number of benzene rings is 1. The molecule has 9 heteroatoms. The summed E-state index contributed by atoms with van der Waals surface area (Å²) in [5.74, 6) is -2.77. The quantitative estimate of drug-likeness (QED) is 0.810. The van der Waals surface area contributed by atoms with Gasteiger partial charge in [-0.3, -0.25) is 19.3 Å². The number of hydrogen-bond acceptors (Lipinski definition) is 4. The third-order valence-corrected chi connectivity index (χ3v) is 4.83. The molecule has 1 saturated heterocycles. The van der Waals surface area contributed by atoms with E-state index in [2.05, 4.69) is 0 Å². The van der Waals surface area contributed by atoms with Crippen LogP contribution in [0.15, 0.2) is 24.4 Å². The van der Waals surface area contributed by atoms with Crippen molar-refractivity contribution in [3.63, 3.8) is 0 Å². The second kappa shape index (κ2) is 7.36. The van der Waals surface area contributed by atoms with E-state index in [1.54, 1.807) is 9.80 Å². The lowest BCUT2D eigenvalue weighted by Gasteiger charge is -2.37. The first-order chi connectivity index (χ1) is 12.8. The van der Waals surface area contributed by atoms with E-state index < -0.39 is 30.3 Å². The Kier molecular flexibility index (Phi) is 5.13. The molecule has 2 aromatic rings. The lowest BCUT2D eigenvalue weighted by atomic mass is 10.0. The molecular weight excluding hydrogens is 357 g/mol. The molecule has 1 unspecified atom stereocenters. The van der Waals surface area contributed by atoms with Crippen LogP contribution < -0.4 is 0 Å². The van der Waals surface area contributed by atoms with E-state index in [4.69, 9.17) is 5.11 Å². The Hall–Kier alpha value is -2.94. The second-order valence-electron chi connectivity index (χ2n) is 6.55. The van der Waals surface area contributed by atoms with Crippen LogP contribution in [0.1, 0.15) is 18.5 Å². The smallest absolute Gasteiger partial charge is 0.325 e. The van der Waals surface area contributed by atoms with Crippen molar-refractivity contribution in [2.24, 2.45) is 0 Å². The summed E-state index contributed by atoms with van der Waals surface area (Å²) >= 11 is 0. The van der Waals surface area contributed by atoms with Gasteiger partial charge in [0.1, 0.15) is 18.4 Å². The summed E-state index contributed by atoms with van der Waals surface area (Å²) in [6.07, 6.45) is 1.47. The van der Waals surface area contributed by atoms with Crippen LogP contribution in [0.5, 0.6) is 0 Å². The lowest BCUT2D eigenvalue weighted by Crippen LogP contribution is -2.50. The number of carbonyl (C=O) groups is 3. The number of fused-ring (bicyclic) bond motifs is 1. The van der Waals surface area contributed by atoms with Crippen molar-refractivity contribution in [3.05, 3.63) is 35.8 Å². The molecule has 27 heavy (non-hydrogen) atoms. The normalized spacial score (nSPS) is 16.4. The van der Waals surface area contributed by atoms with Crippen molar-refractivity contribution in [2.45, 2.75) is 19.5 Å². The van der Waals surface area contributed by atoms with Crippen molar-refractivity contribution in [3.8, 4) is 0 Å². The van der Waals surface area contributed by atoms with Gasteiger partial charge in [-0.15, -0.1) is 0 Å². The molecule has 144 valence electrons. The van der Waals surface area contributed by atoms with Crippen molar-refractivity contribution in [1.29, 1.82) is 0 Å². The maximum Gasteiger partial charge on any atom is 0.325 e. The highest BCUT2D eigenvalue weighted by molar-refractivity contribution is 5.90. The zero-order chi connectivity index (χ0) is 19.7. The number of carbonyl (C=O) groups excluding carboxylic acids is 1. The Balaban J connectivity index is 2.01. The first-order valence-electron chi connectivity index (χ1n) is 8.50. The van der Waals surface area contributed by atoms with Crippen LogP contribution in [0.4, 0.5) is 4.39 Å². The van der Waals surface area contributed by atoms with E-state index in [1.165, 1.54) is 35.9 Å². The van der Waals surface area contributed by atoms with E-state index in [0.29, 0.717) is 42.6 Å². The standard InChI is InChI=1S/C18H20FN3O5/c1-11(23)20-4-6-21(7-5-20)17(18(26)27)14-9-22(10-16(24)25)15-8-12(19)2-3-13(14)15/h2-3,8-9,17H,4-7,10H2,1H3,(H,24,25)(H,26,27). The Morgan fingerprint density at radius 1 is 1.15 bits per heavy atom. The van der Waals surface area contributed by atoms with Crippen molar-refractivity contribution in [2.75, 3.05) is 26.2 Å². The van der Waals surface area contributed by atoms with Crippen LogP contribution in [0, 0.1) is 5.82 Å². The molecule has 1 aliphatic rings. The number of carboxylic acids is 2. The van der Waals surface area contributed by atoms with E-state index in [1.807, 2.05) is 0 Å². The maximum absolute atomic E-state index is 13.7. The van der Waals surface area contributed by atoms with E-state index in [0.717, 1.165) is 0 Å². The van der Waals surface area contributed by atoms with Crippen molar-refractivity contribution < 1.29 is 29.0 Å². The molecule has 2 N–H and O–H groups in total. The summed E-state index contributed by atoms with van der Waals surface area (Å²) in [6.45, 7) is 2.67. The Morgan fingerprint density at radius 3 is 2.37 bits per heavy atom. The summed E-state index contributed by atoms with van der Waals surface area (Å²) in [6, 6.07) is 2.89. The van der Waals surface area contributed by atoms with E-state index >= 15 is 0 Å². The van der Waals surface area contributed by atoms with Gasteiger partial charge in [0.2, 0.25) is 5.91 Å². The van der Waals surface area contributed by atoms with Crippen LogP contribution in [-0.4, -0.2) is 68.6 Å². The minimum Gasteiger partial charge on any atom is -0.480 e. The van der Waals surface area contributed by atoms with Gasteiger partial charge in [0.05, 0.1) is 5.52 Å². The van der Waals surface area contributed by atoms with Crippen LogP contribution in [0.3, 0.4) is 0 Å². The number of halogens is 1. The van der Waals surface area contributed by atoms with Gasteiger partial charge in [-0.2, -0.15) is 0 Å². The lowest BCUT2D eigenvalue weighted by molar-refractivity contribution is -0.145. The molecule has 1 atom stereocenters. The monoisotopic (exact) mass is 377 g/mol. The zero-order valence-electron chi connectivity index (χ0n) is 14.8. The van der Waals surface area contributed by atoms with E-state index in [-0.39, 0.29) is 5.91 Å². The summed E-state index contributed by atoms with van der Waals surface area (Å²) in [5.41, 5.74) is 0.746. The Morgan fingerprint density at radius 2 is 1.81 bits per heavy atom. The van der Waals surface area contributed by atoms with Crippen molar-refractivity contribution in [1.82, 2.24) is 14.4 Å². The number of rotatable bonds is 5. The van der Waals surface area contributed by atoms with E-state index in [9.17, 15) is 23.9 Å². The Labute approximate surface area is 154 Å². The number of piperazine rings is 1. The summed E-state index contributed by atoms with van der Waals surface area (Å²) in [4.78, 5) is 38.0. The number of nitrogens with zero attached hydrogens (tertiary/aromatic N) is 3. The van der Waals surface area contributed by atoms with Crippen LogP contribution >= 0.6 is 0 Å². The van der Waals surface area contributed by atoms with Gasteiger partial charge in [-0.1, -0.05) is 0 Å². The first-order valence-corrected chi connectivity index (χ1v) is 8.50. The molecule has 0 bridgehead atoms. The van der Waals surface area contributed by atoms with Crippen molar-refractivity contribution >= 4 is 28.7 Å². The average Bonchev–Trinajstić information content (AvgIpc) is 2.92. The Bertz CT molecular complexity index is 902. The van der Waals surface area contributed by atoms with Crippen LogP contribution in [0.2, 0.25) is 0 Å². The fraction of sp³-hybridized carbons (Fsp3) is 0.389. The second-order valence-corrected chi connectivity index (χ2v) is 6.55. The zero-order valence-corrected chi connectivity index (χ0v) is 14.8. The largest absolute Gasteiger partial charge is 0.480 e. The van der Waals surface area contributed by atoms with Gasteiger partial charge in [0, 0.05) is 50.2 Å². The minimum absolute atomic E-state index is 0.0601. The van der Waals surface area contributed by atoms with Gasteiger partial charge < -0.3 is 19.7 Å². The number of aliphatic carboxylic acids is 2. The number of hydrogen-bond donors (Lipinski definition) is 2. The molecule has 2 heterocycles. The summed E-state index contributed by atoms with van der Waals surface area (Å²) in [5, 5.41) is 19.4. The van der Waals surface area contributed by atoms with Crippen LogP contribution in [0.25, 0.3) is 10.9 Å². The third kappa shape index (κ3) is 3.77. The molecule has 1 aromatic carbocycles. The molecule has 1 fully saturated rings. The third-order valence-electron chi connectivity index (χ3n) is 4.83. The van der Waals surface area contributed by atoms with Gasteiger partial charge >= 0.3 is 11.9 Å². The first kappa shape index (κ1) is 18.8. The number of carboxylic acid groups (broad SMARTS) is 2. The predicted molar refractivity (Wildman–Crippen MR) is 93.7 cm³/mol. The minimum atomic E-state index is -1.11. The molecule has 0 aliphatic carbocycles. The van der Waals surface area contributed by atoms with Gasteiger partial charge in [-0.25, -0.2) is 4.39 Å². The van der Waals surface area contributed by atoms with Gasteiger partial charge in [0.15, 0.2) is 0 Å². The SMILES string of the molecule is CC(=O)N1CCN(C(C(=O)O)c2cn(CC(=O)O)c3cc(F)ccc23)CC1. The van der Waals surface area contributed by atoms with Gasteiger partial charge in [-0.05, 0) is 18.2 Å². The maximum atomic E-state index is 13.7. The topological polar surface area (TPSA) is 103 Å². The summed E-state index contributed by atoms with van der Waals surface area (Å²) < 4.78 is 15.0. The highest BCUT2D eigenvalue weighted by atomic mass is 19.1.